The van der Waals surface area contributed by atoms with E-state index in [2.05, 4.69) is 10.6 Å². The molecule has 0 saturated heterocycles. The van der Waals surface area contributed by atoms with Crippen LogP contribution in [0.2, 0.25) is 0 Å². The molecule has 0 heterocycles. The number of rotatable bonds is 7. The molecule has 0 fully saturated rings. The first-order chi connectivity index (χ1) is 12.1. The Morgan fingerprint density at radius 2 is 1.88 bits per heavy atom. The molecule has 5 heteroatoms. The van der Waals surface area contributed by atoms with Crippen molar-refractivity contribution in [3.8, 4) is 6.07 Å². The summed E-state index contributed by atoms with van der Waals surface area (Å²) in [6, 6.07) is 17.5. The zero-order valence-electron chi connectivity index (χ0n) is 14.0. The molecule has 2 aromatic carbocycles. The van der Waals surface area contributed by atoms with Crippen LogP contribution in [0.25, 0.3) is 0 Å². The van der Waals surface area contributed by atoms with Crippen molar-refractivity contribution in [2.75, 3.05) is 6.54 Å². The zero-order chi connectivity index (χ0) is 18.1. The Bertz CT molecular complexity index is 764. The van der Waals surface area contributed by atoms with E-state index in [0.717, 1.165) is 11.1 Å². The van der Waals surface area contributed by atoms with Crippen LogP contribution >= 0.6 is 0 Å². The predicted octanol–water partition coefficient (Wildman–Crippen LogP) is 3.24. The smallest absolute Gasteiger partial charge is 0.263 e. The van der Waals surface area contributed by atoms with Gasteiger partial charge in [-0.25, -0.2) is 4.39 Å². The summed E-state index contributed by atoms with van der Waals surface area (Å²) in [5, 5.41) is 14.9. The maximum atomic E-state index is 12.8. The van der Waals surface area contributed by atoms with E-state index >= 15 is 0 Å². The molecule has 0 bridgehead atoms. The zero-order valence-corrected chi connectivity index (χ0v) is 14.0. The van der Waals surface area contributed by atoms with Gasteiger partial charge in [-0.05, 0) is 36.6 Å². The molecule has 2 aromatic rings. The van der Waals surface area contributed by atoms with E-state index < -0.39 is 5.91 Å². The second-order valence-electron chi connectivity index (χ2n) is 5.61. The molecule has 0 radical (unpaired) electrons. The summed E-state index contributed by atoms with van der Waals surface area (Å²) < 4.78 is 12.8. The summed E-state index contributed by atoms with van der Waals surface area (Å²) in [6.07, 6.45) is 2.08. The summed E-state index contributed by atoms with van der Waals surface area (Å²) in [5.74, 6) is -0.694. The molecule has 25 heavy (non-hydrogen) atoms. The summed E-state index contributed by atoms with van der Waals surface area (Å²) in [4.78, 5) is 12.2. The normalized spacial score (nSPS) is 12.1. The molecule has 1 amide bonds. The first-order valence-corrected chi connectivity index (χ1v) is 8.04. The van der Waals surface area contributed by atoms with Crippen molar-refractivity contribution in [3.05, 3.63) is 83.3 Å². The van der Waals surface area contributed by atoms with Crippen LogP contribution in [0.5, 0.6) is 0 Å². The van der Waals surface area contributed by atoms with Gasteiger partial charge in [0.15, 0.2) is 0 Å². The number of hydrogen-bond donors (Lipinski definition) is 2. The second kappa shape index (κ2) is 9.24. The molecule has 0 aliphatic heterocycles. The lowest BCUT2D eigenvalue weighted by atomic mass is 10.1. The Kier molecular flexibility index (Phi) is 6.73. The minimum Gasteiger partial charge on any atom is -0.389 e. The van der Waals surface area contributed by atoms with Crippen molar-refractivity contribution >= 4 is 5.91 Å². The van der Waals surface area contributed by atoms with Crippen LogP contribution in [0.3, 0.4) is 0 Å². The van der Waals surface area contributed by atoms with Gasteiger partial charge in [0.2, 0.25) is 0 Å². The molecule has 0 aromatic heterocycles. The van der Waals surface area contributed by atoms with Gasteiger partial charge in [0, 0.05) is 12.7 Å². The molecule has 1 atom stereocenters. The van der Waals surface area contributed by atoms with Gasteiger partial charge in [-0.2, -0.15) is 5.26 Å². The van der Waals surface area contributed by atoms with E-state index in [0.29, 0.717) is 13.0 Å². The van der Waals surface area contributed by atoms with E-state index in [-0.39, 0.29) is 17.4 Å². The summed E-state index contributed by atoms with van der Waals surface area (Å²) in [5.41, 5.74) is 1.96. The Morgan fingerprint density at radius 3 is 2.52 bits per heavy atom. The third-order valence-electron chi connectivity index (χ3n) is 3.73. The Hall–Kier alpha value is -3.13. The van der Waals surface area contributed by atoms with E-state index in [1.54, 1.807) is 12.1 Å². The number of halogens is 1. The quantitative estimate of drug-likeness (QED) is 0.463. The first kappa shape index (κ1) is 18.2. The average molecular weight is 337 g/mol. The fourth-order valence-corrected chi connectivity index (χ4v) is 2.29. The van der Waals surface area contributed by atoms with Crippen LogP contribution in [0.1, 0.15) is 24.1 Å². The van der Waals surface area contributed by atoms with Gasteiger partial charge in [-0.3, -0.25) is 4.79 Å². The number of nitriles is 1. The number of benzene rings is 2. The van der Waals surface area contributed by atoms with Crippen LogP contribution in [-0.4, -0.2) is 12.5 Å². The number of hydrogen-bond acceptors (Lipinski definition) is 3. The molecular weight excluding hydrogens is 317 g/mol. The number of carbonyl (C=O) groups is 1. The van der Waals surface area contributed by atoms with Crippen LogP contribution < -0.4 is 10.6 Å². The number of amides is 1. The molecule has 2 N–H and O–H groups in total. The van der Waals surface area contributed by atoms with E-state index in [1.165, 1.54) is 18.3 Å². The maximum absolute atomic E-state index is 12.8. The molecule has 2 rings (SSSR count). The summed E-state index contributed by atoms with van der Waals surface area (Å²) in [7, 11) is 0. The number of carbonyl (C=O) groups excluding carboxylic acids is 1. The third kappa shape index (κ3) is 5.78. The average Bonchev–Trinajstić information content (AvgIpc) is 2.64. The molecule has 0 aliphatic carbocycles. The highest BCUT2D eigenvalue weighted by Crippen LogP contribution is 2.11. The monoisotopic (exact) mass is 337 g/mol. The lowest BCUT2D eigenvalue weighted by molar-refractivity contribution is -0.117. The van der Waals surface area contributed by atoms with Crippen molar-refractivity contribution in [2.24, 2.45) is 0 Å². The highest BCUT2D eigenvalue weighted by Gasteiger charge is 2.13. The first-order valence-electron chi connectivity index (χ1n) is 8.04. The largest absolute Gasteiger partial charge is 0.389 e. The van der Waals surface area contributed by atoms with Gasteiger partial charge in [0.1, 0.15) is 17.5 Å². The molecule has 0 aliphatic rings. The minimum absolute atomic E-state index is 0.0156. The van der Waals surface area contributed by atoms with Crippen molar-refractivity contribution in [3.63, 3.8) is 0 Å². The minimum atomic E-state index is -0.423. The third-order valence-corrected chi connectivity index (χ3v) is 3.73. The van der Waals surface area contributed by atoms with Crippen molar-refractivity contribution in [1.82, 2.24) is 10.6 Å². The highest BCUT2D eigenvalue weighted by atomic mass is 19.1. The Labute approximate surface area is 147 Å². The van der Waals surface area contributed by atoms with Gasteiger partial charge >= 0.3 is 0 Å². The molecule has 4 nitrogen and oxygen atoms in total. The Balaban J connectivity index is 1.85. The van der Waals surface area contributed by atoms with Crippen LogP contribution in [-0.2, 0) is 11.2 Å². The summed E-state index contributed by atoms with van der Waals surface area (Å²) >= 11 is 0. The molecule has 1 unspecified atom stereocenters. The summed E-state index contributed by atoms with van der Waals surface area (Å²) in [6.45, 7) is 2.41. The van der Waals surface area contributed by atoms with Crippen molar-refractivity contribution in [1.29, 1.82) is 5.26 Å². The molecule has 0 saturated carbocycles. The standard InChI is InChI=1S/C20H20FN3O/c1-15(17-5-3-2-4-6-17)24-20(25)18(13-22)14-23-12-11-16-7-9-19(21)10-8-16/h2-10,14-15,23H,11-12H2,1H3,(H,24,25)/b18-14-. The fraction of sp³-hybridized carbons (Fsp3) is 0.200. The SMILES string of the molecule is CC(NC(=O)/C(C#N)=C\NCCc1ccc(F)cc1)c1ccccc1. The topological polar surface area (TPSA) is 64.9 Å². The van der Waals surface area contributed by atoms with Gasteiger partial charge in [-0.15, -0.1) is 0 Å². The lowest BCUT2D eigenvalue weighted by Gasteiger charge is -2.13. The maximum Gasteiger partial charge on any atom is 0.263 e. The van der Waals surface area contributed by atoms with Crippen molar-refractivity contribution in [2.45, 2.75) is 19.4 Å². The fourth-order valence-electron chi connectivity index (χ4n) is 2.29. The van der Waals surface area contributed by atoms with Gasteiger partial charge < -0.3 is 10.6 Å². The van der Waals surface area contributed by atoms with Gasteiger partial charge in [0.05, 0.1) is 6.04 Å². The molecule has 0 spiro atoms. The predicted molar refractivity (Wildman–Crippen MR) is 94.8 cm³/mol. The number of nitrogens with zero attached hydrogens (tertiary/aromatic N) is 1. The van der Waals surface area contributed by atoms with Crippen molar-refractivity contribution < 1.29 is 9.18 Å². The Morgan fingerprint density at radius 1 is 1.20 bits per heavy atom. The number of nitrogens with one attached hydrogen (secondary N) is 2. The van der Waals surface area contributed by atoms with Crippen LogP contribution in [0.15, 0.2) is 66.4 Å². The van der Waals surface area contributed by atoms with Crippen LogP contribution in [0.4, 0.5) is 4.39 Å². The van der Waals surface area contributed by atoms with E-state index in [4.69, 9.17) is 5.26 Å². The highest BCUT2D eigenvalue weighted by molar-refractivity contribution is 5.97. The molecule has 128 valence electrons. The van der Waals surface area contributed by atoms with Crippen LogP contribution in [0, 0.1) is 17.1 Å². The second-order valence-corrected chi connectivity index (χ2v) is 5.61. The van der Waals surface area contributed by atoms with E-state index in [9.17, 15) is 9.18 Å². The van der Waals surface area contributed by atoms with E-state index in [1.807, 2.05) is 43.3 Å². The van der Waals surface area contributed by atoms with Gasteiger partial charge in [-0.1, -0.05) is 42.5 Å². The van der Waals surface area contributed by atoms with Gasteiger partial charge in [0.25, 0.3) is 5.91 Å². The lowest BCUT2D eigenvalue weighted by Crippen LogP contribution is -2.28. The molecular formula is C20H20FN3O.